The van der Waals surface area contributed by atoms with E-state index >= 15 is 0 Å². The van der Waals surface area contributed by atoms with Gasteiger partial charge in [-0.05, 0) is 35.2 Å². The molecule has 1 aliphatic heterocycles. The van der Waals surface area contributed by atoms with E-state index in [2.05, 4.69) is 53.5 Å². The van der Waals surface area contributed by atoms with Gasteiger partial charge in [-0.1, -0.05) is 36.4 Å². The molecule has 0 spiro atoms. The minimum Gasteiger partial charge on any atom is -0.314 e. The summed E-state index contributed by atoms with van der Waals surface area (Å²) in [7, 11) is 0. The highest BCUT2D eigenvalue weighted by Crippen LogP contribution is 2.22. The van der Waals surface area contributed by atoms with Gasteiger partial charge in [0.25, 0.3) is 0 Å². The zero-order valence-electron chi connectivity index (χ0n) is 11.7. The van der Waals surface area contributed by atoms with E-state index in [4.69, 9.17) is 0 Å². The monoisotopic (exact) mass is 254 g/mol. The number of fused-ring (bicyclic) bond motifs is 1. The van der Waals surface area contributed by atoms with Crippen molar-refractivity contribution in [2.75, 3.05) is 32.7 Å². The molecule has 0 amide bonds. The average molecular weight is 254 g/mol. The third-order valence-corrected chi connectivity index (χ3v) is 4.14. The Labute approximate surface area is 115 Å². The summed E-state index contributed by atoms with van der Waals surface area (Å²) >= 11 is 0. The third kappa shape index (κ3) is 2.80. The van der Waals surface area contributed by atoms with Crippen LogP contribution in [0.1, 0.15) is 11.1 Å². The van der Waals surface area contributed by atoms with Crippen LogP contribution in [0, 0.1) is 6.92 Å². The Morgan fingerprint density at radius 3 is 2.53 bits per heavy atom. The first-order valence-corrected chi connectivity index (χ1v) is 7.25. The first-order valence-electron chi connectivity index (χ1n) is 7.25. The highest BCUT2D eigenvalue weighted by atomic mass is 15.2. The summed E-state index contributed by atoms with van der Waals surface area (Å²) in [4.78, 5) is 2.56. The molecule has 2 nitrogen and oxygen atoms in total. The lowest BCUT2D eigenvalue weighted by Gasteiger charge is -2.27. The third-order valence-electron chi connectivity index (χ3n) is 4.14. The molecule has 1 heterocycles. The van der Waals surface area contributed by atoms with Crippen molar-refractivity contribution in [3.05, 3.63) is 47.5 Å². The molecule has 0 saturated carbocycles. The fourth-order valence-electron chi connectivity index (χ4n) is 2.94. The quantitative estimate of drug-likeness (QED) is 0.905. The van der Waals surface area contributed by atoms with Crippen LogP contribution in [0.3, 0.4) is 0 Å². The van der Waals surface area contributed by atoms with Crippen LogP contribution in [-0.4, -0.2) is 37.6 Å². The Morgan fingerprint density at radius 2 is 1.74 bits per heavy atom. The van der Waals surface area contributed by atoms with Gasteiger partial charge in [0, 0.05) is 32.7 Å². The van der Waals surface area contributed by atoms with Crippen molar-refractivity contribution in [2.24, 2.45) is 0 Å². The second-order valence-electron chi connectivity index (χ2n) is 5.43. The number of nitrogens with zero attached hydrogens (tertiary/aromatic N) is 1. The molecule has 100 valence electrons. The number of hydrogen-bond donors (Lipinski definition) is 1. The van der Waals surface area contributed by atoms with E-state index in [0.717, 1.165) is 19.5 Å². The largest absolute Gasteiger partial charge is 0.314 e. The van der Waals surface area contributed by atoms with Crippen LogP contribution in [0.15, 0.2) is 36.4 Å². The zero-order valence-corrected chi connectivity index (χ0v) is 11.7. The number of aryl methyl sites for hydroxylation is 1. The van der Waals surface area contributed by atoms with E-state index in [1.165, 1.54) is 41.5 Å². The van der Waals surface area contributed by atoms with Gasteiger partial charge in [-0.2, -0.15) is 0 Å². The molecule has 1 aliphatic rings. The Morgan fingerprint density at radius 1 is 1.00 bits per heavy atom. The van der Waals surface area contributed by atoms with E-state index in [-0.39, 0.29) is 0 Å². The Kier molecular flexibility index (Phi) is 3.81. The maximum atomic E-state index is 3.41. The summed E-state index contributed by atoms with van der Waals surface area (Å²) in [5, 5.41) is 6.24. The van der Waals surface area contributed by atoms with E-state index in [1.54, 1.807) is 0 Å². The molecule has 0 aromatic heterocycles. The Bertz CT molecular complexity index is 556. The number of piperazine rings is 1. The normalized spacial score (nSPS) is 16.9. The summed E-state index contributed by atoms with van der Waals surface area (Å²) in [6.07, 6.45) is 1.15. The fraction of sp³-hybridized carbons (Fsp3) is 0.412. The summed E-state index contributed by atoms with van der Waals surface area (Å²) in [5.41, 5.74) is 2.86. The van der Waals surface area contributed by atoms with E-state index in [0.29, 0.717) is 0 Å². The van der Waals surface area contributed by atoms with Gasteiger partial charge in [0.1, 0.15) is 0 Å². The lowest BCUT2D eigenvalue weighted by molar-refractivity contribution is 0.244. The highest BCUT2D eigenvalue weighted by Gasteiger charge is 2.10. The molecule has 2 aromatic rings. The van der Waals surface area contributed by atoms with Gasteiger partial charge in [0.2, 0.25) is 0 Å². The lowest BCUT2D eigenvalue weighted by Crippen LogP contribution is -2.44. The lowest BCUT2D eigenvalue weighted by atomic mass is 9.98. The molecule has 19 heavy (non-hydrogen) atoms. The predicted molar refractivity (Wildman–Crippen MR) is 81.7 cm³/mol. The maximum absolute atomic E-state index is 3.41. The molecule has 1 fully saturated rings. The molecule has 0 atom stereocenters. The number of rotatable bonds is 3. The summed E-state index contributed by atoms with van der Waals surface area (Å²) < 4.78 is 0. The van der Waals surface area contributed by atoms with Crippen LogP contribution in [0.5, 0.6) is 0 Å². The minimum atomic E-state index is 1.13. The zero-order chi connectivity index (χ0) is 13.1. The second kappa shape index (κ2) is 5.72. The van der Waals surface area contributed by atoms with Crippen LogP contribution in [0.25, 0.3) is 10.8 Å². The van der Waals surface area contributed by atoms with Crippen molar-refractivity contribution in [3.8, 4) is 0 Å². The summed E-state index contributed by atoms with van der Waals surface area (Å²) in [6, 6.07) is 13.3. The number of hydrogen-bond acceptors (Lipinski definition) is 2. The van der Waals surface area contributed by atoms with Crippen LogP contribution in [-0.2, 0) is 6.42 Å². The minimum absolute atomic E-state index is 1.13. The van der Waals surface area contributed by atoms with Crippen molar-refractivity contribution in [2.45, 2.75) is 13.3 Å². The van der Waals surface area contributed by atoms with Crippen LogP contribution in [0.2, 0.25) is 0 Å². The average Bonchev–Trinajstić information content (AvgIpc) is 2.48. The van der Waals surface area contributed by atoms with Crippen molar-refractivity contribution in [1.29, 1.82) is 0 Å². The molecule has 2 heteroatoms. The van der Waals surface area contributed by atoms with E-state index in [9.17, 15) is 0 Å². The second-order valence-corrected chi connectivity index (χ2v) is 5.43. The van der Waals surface area contributed by atoms with Gasteiger partial charge < -0.3 is 10.2 Å². The van der Waals surface area contributed by atoms with Crippen molar-refractivity contribution in [1.82, 2.24) is 10.2 Å². The summed E-state index contributed by atoms with van der Waals surface area (Å²) in [5.74, 6) is 0. The molecule has 1 N–H and O–H groups in total. The van der Waals surface area contributed by atoms with Gasteiger partial charge in [-0.25, -0.2) is 0 Å². The van der Waals surface area contributed by atoms with E-state index < -0.39 is 0 Å². The van der Waals surface area contributed by atoms with Gasteiger partial charge in [0.05, 0.1) is 0 Å². The number of benzene rings is 2. The molecule has 0 unspecified atom stereocenters. The molecule has 1 saturated heterocycles. The van der Waals surface area contributed by atoms with Crippen molar-refractivity contribution in [3.63, 3.8) is 0 Å². The molecular weight excluding hydrogens is 232 g/mol. The smallest absolute Gasteiger partial charge is 0.0108 e. The molecule has 2 aromatic carbocycles. The Hall–Kier alpha value is -1.38. The molecular formula is C17H22N2. The molecule has 0 aliphatic carbocycles. The van der Waals surface area contributed by atoms with Crippen molar-refractivity contribution >= 4 is 10.8 Å². The standard InChI is InChI=1S/C17H22N2/c1-14-6-7-15(17-5-3-2-4-16(14)17)8-11-19-12-9-18-10-13-19/h2-7,18H,8-13H2,1H3. The van der Waals surface area contributed by atoms with Gasteiger partial charge in [-0.3, -0.25) is 0 Å². The number of nitrogens with one attached hydrogen (secondary N) is 1. The summed E-state index contributed by atoms with van der Waals surface area (Å²) in [6.45, 7) is 8.01. The first-order chi connectivity index (χ1) is 9.34. The van der Waals surface area contributed by atoms with Gasteiger partial charge >= 0.3 is 0 Å². The Balaban J connectivity index is 1.79. The van der Waals surface area contributed by atoms with Crippen LogP contribution >= 0.6 is 0 Å². The van der Waals surface area contributed by atoms with Crippen molar-refractivity contribution < 1.29 is 0 Å². The molecule has 0 radical (unpaired) electrons. The fourth-order valence-corrected chi connectivity index (χ4v) is 2.94. The van der Waals surface area contributed by atoms with Crippen LogP contribution in [0.4, 0.5) is 0 Å². The highest BCUT2D eigenvalue weighted by molar-refractivity contribution is 5.88. The van der Waals surface area contributed by atoms with E-state index in [1.807, 2.05) is 0 Å². The molecule has 3 rings (SSSR count). The SMILES string of the molecule is Cc1ccc(CCN2CCNCC2)c2ccccc12. The first kappa shape index (κ1) is 12.6. The van der Waals surface area contributed by atoms with Crippen LogP contribution < -0.4 is 5.32 Å². The maximum Gasteiger partial charge on any atom is 0.0108 e. The predicted octanol–water partition coefficient (Wildman–Crippen LogP) is 2.60. The molecule has 0 bridgehead atoms. The van der Waals surface area contributed by atoms with Gasteiger partial charge in [-0.15, -0.1) is 0 Å². The van der Waals surface area contributed by atoms with Gasteiger partial charge in [0.15, 0.2) is 0 Å². The topological polar surface area (TPSA) is 15.3 Å².